The molecule has 0 bridgehead atoms. The molecule has 0 unspecified atom stereocenters. The van der Waals surface area contributed by atoms with Gasteiger partial charge in [0.2, 0.25) is 0 Å². The molecule has 0 radical (unpaired) electrons. The highest BCUT2D eigenvalue weighted by Crippen LogP contribution is 2.35. The van der Waals surface area contributed by atoms with Crippen LogP contribution in [0.1, 0.15) is 5.56 Å². The normalized spacial score (nSPS) is 14.8. The summed E-state index contributed by atoms with van der Waals surface area (Å²) in [5.74, 6) is 0. The Labute approximate surface area is 135 Å². The van der Waals surface area contributed by atoms with Crippen molar-refractivity contribution in [3.63, 3.8) is 0 Å². The second-order valence-corrected chi connectivity index (χ2v) is 5.43. The summed E-state index contributed by atoms with van der Waals surface area (Å²) in [6, 6.07) is 9.06. The number of aromatic nitrogens is 2. The second kappa shape index (κ2) is 5.30. The molecule has 0 saturated heterocycles. The molecule has 0 atom stereocenters. The number of fused-ring (bicyclic) bond motifs is 1. The van der Waals surface area contributed by atoms with Crippen LogP contribution >= 0.6 is 0 Å². The molecule has 24 heavy (non-hydrogen) atoms. The fraction of sp³-hybridized carbons (Fsp3) is 0.118. The van der Waals surface area contributed by atoms with Crippen molar-refractivity contribution in [1.29, 1.82) is 0 Å². The number of hydrogen-bond donors (Lipinski definition) is 1. The maximum atomic E-state index is 13.0. The van der Waals surface area contributed by atoms with Crippen LogP contribution < -0.4 is 10.0 Å². The van der Waals surface area contributed by atoms with E-state index in [1.54, 1.807) is 29.7 Å². The van der Waals surface area contributed by atoms with Gasteiger partial charge in [-0.15, -0.1) is 0 Å². The summed E-state index contributed by atoms with van der Waals surface area (Å²) < 4.78 is 38.9. The number of H-pyrrole nitrogens is 1. The zero-order chi connectivity index (χ0) is 16.7. The Bertz CT molecular complexity index is 913. The highest BCUT2D eigenvalue weighted by molar-refractivity contribution is 5.91. The number of rotatable bonds is 2. The number of pyridine rings is 1. The van der Waals surface area contributed by atoms with E-state index in [4.69, 9.17) is 0 Å². The van der Waals surface area contributed by atoms with Crippen LogP contribution in [0.25, 0.3) is 11.0 Å². The third-order valence-corrected chi connectivity index (χ3v) is 3.94. The summed E-state index contributed by atoms with van der Waals surface area (Å²) >= 11 is 0. The first kappa shape index (κ1) is 14.6. The van der Waals surface area contributed by atoms with Crippen molar-refractivity contribution in [1.82, 2.24) is 9.97 Å². The van der Waals surface area contributed by atoms with Crippen LogP contribution in [0.2, 0.25) is 0 Å². The number of benzene rings is 1. The second-order valence-electron chi connectivity index (χ2n) is 5.43. The molecule has 1 aliphatic heterocycles. The van der Waals surface area contributed by atoms with Gasteiger partial charge in [0, 0.05) is 24.0 Å². The van der Waals surface area contributed by atoms with Crippen molar-refractivity contribution in [2.24, 2.45) is 0 Å². The van der Waals surface area contributed by atoms with E-state index in [1.807, 2.05) is 23.2 Å². The Balaban J connectivity index is 1.76. The molecule has 0 saturated carbocycles. The number of halogens is 3. The molecule has 4 nitrogen and oxygen atoms in total. The average Bonchev–Trinajstić information content (AvgIpc) is 3.23. The van der Waals surface area contributed by atoms with Crippen molar-refractivity contribution in [2.45, 2.75) is 6.18 Å². The Kier molecular flexibility index (Phi) is 3.23. The van der Waals surface area contributed by atoms with Crippen molar-refractivity contribution in [2.75, 3.05) is 16.6 Å². The minimum absolute atomic E-state index is 0.457. The topological polar surface area (TPSA) is 35.2 Å². The van der Waals surface area contributed by atoms with E-state index in [1.165, 1.54) is 6.07 Å². The minimum atomic E-state index is -4.37. The Morgan fingerprint density at radius 2 is 2.00 bits per heavy atom. The van der Waals surface area contributed by atoms with E-state index in [0.717, 1.165) is 28.9 Å². The number of aromatic amines is 1. The summed E-state index contributed by atoms with van der Waals surface area (Å²) in [4.78, 5) is 7.29. The third-order valence-electron chi connectivity index (χ3n) is 3.94. The summed E-state index contributed by atoms with van der Waals surface area (Å²) in [6.45, 7) is 0.570. The summed E-state index contributed by atoms with van der Waals surface area (Å²) in [6.07, 6.45) is 2.78. The lowest BCUT2D eigenvalue weighted by Gasteiger charge is -2.31. The number of anilines is 2. The number of alkyl halides is 3. The zero-order valence-corrected chi connectivity index (χ0v) is 12.5. The van der Waals surface area contributed by atoms with Crippen molar-refractivity contribution >= 4 is 22.4 Å². The van der Waals surface area contributed by atoms with Gasteiger partial charge in [-0.05, 0) is 36.4 Å². The molecule has 1 aliphatic rings. The van der Waals surface area contributed by atoms with Crippen LogP contribution in [0.3, 0.4) is 0 Å². The van der Waals surface area contributed by atoms with Gasteiger partial charge in [0.25, 0.3) is 0 Å². The fourth-order valence-corrected chi connectivity index (χ4v) is 2.85. The monoisotopic (exact) mass is 330 g/mol. The van der Waals surface area contributed by atoms with E-state index < -0.39 is 11.7 Å². The van der Waals surface area contributed by atoms with Crippen molar-refractivity contribution in [3.8, 4) is 0 Å². The van der Waals surface area contributed by atoms with E-state index in [9.17, 15) is 13.2 Å². The van der Waals surface area contributed by atoms with Gasteiger partial charge in [0.05, 0.1) is 23.5 Å². The average molecular weight is 330 g/mol. The lowest BCUT2D eigenvalue weighted by Crippen LogP contribution is -2.35. The van der Waals surface area contributed by atoms with Gasteiger partial charge in [-0.25, -0.2) is 4.98 Å². The van der Waals surface area contributed by atoms with Gasteiger partial charge in [-0.3, -0.25) is 10.0 Å². The minimum Gasteiger partial charge on any atom is -0.346 e. The molecule has 3 aromatic rings. The van der Waals surface area contributed by atoms with E-state index in [2.05, 4.69) is 9.97 Å². The number of hydrogen-bond acceptors (Lipinski definition) is 3. The fourth-order valence-electron chi connectivity index (χ4n) is 2.85. The maximum Gasteiger partial charge on any atom is 0.416 e. The van der Waals surface area contributed by atoms with Gasteiger partial charge >= 0.3 is 6.18 Å². The Hall–Kier alpha value is -2.96. The predicted molar refractivity (Wildman–Crippen MR) is 86.5 cm³/mol. The van der Waals surface area contributed by atoms with E-state index >= 15 is 0 Å². The molecule has 3 heterocycles. The first-order chi connectivity index (χ1) is 11.5. The van der Waals surface area contributed by atoms with Crippen LogP contribution in [0, 0.1) is 0 Å². The highest BCUT2D eigenvalue weighted by Gasteiger charge is 2.31. The van der Waals surface area contributed by atoms with Crippen molar-refractivity contribution in [3.05, 3.63) is 66.6 Å². The van der Waals surface area contributed by atoms with Gasteiger partial charge in [-0.1, -0.05) is 6.07 Å². The van der Waals surface area contributed by atoms with Gasteiger partial charge in [0.1, 0.15) is 5.65 Å². The van der Waals surface area contributed by atoms with E-state index in [-0.39, 0.29) is 0 Å². The Morgan fingerprint density at radius 3 is 2.83 bits per heavy atom. The van der Waals surface area contributed by atoms with Gasteiger partial charge in [0.15, 0.2) is 0 Å². The van der Waals surface area contributed by atoms with Crippen LogP contribution in [0.15, 0.2) is 61.1 Å². The number of nitrogens with zero attached hydrogens (tertiary/aromatic N) is 3. The first-order valence-electron chi connectivity index (χ1n) is 7.37. The zero-order valence-electron chi connectivity index (χ0n) is 12.5. The Morgan fingerprint density at radius 1 is 1.12 bits per heavy atom. The number of nitrogens with one attached hydrogen (secondary N) is 1. The molecule has 1 aromatic carbocycles. The summed E-state index contributed by atoms with van der Waals surface area (Å²) in [7, 11) is 0. The van der Waals surface area contributed by atoms with Crippen LogP contribution in [0.4, 0.5) is 24.5 Å². The lowest BCUT2D eigenvalue weighted by atomic mass is 10.2. The van der Waals surface area contributed by atoms with Crippen molar-refractivity contribution < 1.29 is 13.2 Å². The molecule has 7 heteroatoms. The summed E-state index contributed by atoms with van der Waals surface area (Å²) in [5.41, 5.74) is 1.41. The van der Waals surface area contributed by atoms with Crippen LogP contribution in [0.5, 0.6) is 0 Å². The summed E-state index contributed by atoms with van der Waals surface area (Å²) in [5, 5.41) is 4.54. The molecule has 1 N–H and O–H groups in total. The lowest BCUT2D eigenvalue weighted by molar-refractivity contribution is -0.137. The third kappa shape index (κ3) is 2.38. The highest BCUT2D eigenvalue weighted by atomic mass is 19.4. The quantitative estimate of drug-likeness (QED) is 0.759. The van der Waals surface area contributed by atoms with E-state index in [0.29, 0.717) is 12.2 Å². The molecule has 0 fully saturated rings. The molecule has 0 amide bonds. The van der Waals surface area contributed by atoms with Crippen LogP contribution in [-0.2, 0) is 6.18 Å². The standard InChI is InChI=1S/C17H13F3N4/c18-17(19,20)12-3-1-4-13(11-12)23-9-2-10-24(23)15-6-8-22-16-14(15)5-7-21-16/h1-9,11H,10H2,(H,21,22). The van der Waals surface area contributed by atoms with Crippen LogP contribution in [-0.4, -0.2) is 16.5 Å². The SMILES string of the molecule is FC(F)(F)c1cccc(N2C=CCN2c2ccnc3[nH]ccc23)c1. The molecule has 0 aliphatic carbocycles. The molecule has 4 rings (SSSR count). The molecule has 122 valence electrons. The smallest absolute Gasteiger partial charge is 0.346 e. The predicted octanol–water partition coefficient (Wildman–Crippen LogP) is 4.34. The first-order valence-corrected chi connectivity index (χ1v) is 7.37. The molecule has 0 spiro atoms. The molecular weight excluding hydrogens is 317 g/mol. The van der Waals surface area contributed by atoms with Gasteiger partial charge in [-0.2, -0.15) is 13.2 Å². The van der Waals surface area contributed by atoms with Gasteiger partial charge < -0.3 is 4.98 Å². The molecular formula is C17H13F3N4. The largest absolute Gasteiger partial charge is 0.416 e. The maximum absolute atomic E-state index is 13.0. The number of hydrazine groups is 1. The molecule has 2 aromatic heterocycles.